The summed E-state index contributed by atoms with van der Waals surface area (Å²) >= 11 is 0. The van der Waals surface area contributed by atoms with Crippen molar-refractivity contribution in [3.05, 3.63) is 0 Å². The molecule has 0 radical (unpaired) electrons. The zero-order valence-corrected chi connectivity index (χ0v) is 13.0. The number of hydrogen-bond donors (Lipinski definition) is 1. The van der Waals surface area contributed by atoms with Crippen LogP contribution < -0.4 is 5.32 Å². The van der Waals surface area contributed by atoms with E-state index in [9.17, 15) is 9.59 Å². The largest absolute Gasteiger partial charge is 0.305 e. The highest BCUT2D eigenvalue weighted by atomic mass is 16.2. The van der Waals surface area contributed by atoms with Crippen LogP contribution in [-0.4, -0.2) is 59.9 Å². The van der Waals surface area contributed by atoms with Gasteiger partial charge in [0.2, 0.25) is 11.8 Å². The van der Waals surface area contributed by atoms with Crippen LogP contribution in [0.1, 0.15) is 51.4 Å². The van der Waals surface area contributed by atoms with Gasteiger partial charge in [-0.15, -0.1) is 0 Å². The number of imide groups is 1. The number of piperidine rings is 1. The molecule has 0 bridgehead atoms. The summed E-state index contributed by atoms with van der Waals surface area (Å²) in [6.45, 7) is 2.10. The summed E-state index contributed by atoms with van der Waals surface area (Å²) in [5, 5.41) is 3.44. The second kappa shape index (κ2) is 6.44. The van der Waals surface area contributed by atoms with Crippen LogP contribution in [-0.2, 0) is 9.59 Å². The van der Waals surface area contributed by atoms with Crippen LogP contribution in [0.3, 0.4) is 0 Å². The van der Waals surface area contributed by atoms with Crippen LogP contribution in [0.4, 0.5) is 0 Å². The molecule has 1 aliphatic carbocycles. The van der Waals surface area contributed by atoms with Crippen LogP contribution in [0.2, 0.25) is 0 Å². The Morgan fingerprint density at radius 3 is 2.52 bits per heavy atom. The molecule has 2 heterocycles. The fourth-order valence-electron chi connectivity index (χ4n) is 4.09. The van der Waals surface area contributed by atoms with Crippen LogP contribution in [0.15, 0.2) is 0 Å². The van der Waals surface area contributed by atoms with E-state index < -0.39 is 0 Å². The summed E-state index contributed by atoms with van der Waals surface area (Å²) in [5.41, 5.74) is 0. The zero-order valence-electron chi connectivity index (χ0n) is 13.0. The molecule has 3 rings (SSSR count). The number of amides is 2. The van der Waals surface area contributed by atoms with Gasteiger partial charge in [-0.25, -0.2) is 0 Å². The van der Waals surface area contributed by atoms with Gasteiger partial charge in [-0.2, -0.15) is 0 Å². The van der Waals surface area contributed by atoms with Gasteiger partial charge in [-0.3, -0.25) is 14.5 Å². The van der Waals surface area contributed by atoms with Gasteiger partial charge >= 0.3 is 0 Å². The lowest BCUT2D eigenvalue weighted by Crippen LogP contribution is -2.51. The minimum atomic E-state index is -0.282. The Labute approximate surface area is 127 Å². The highest BCUT2D eigenvalue weighted by Gasteiger charge is 2.43. The Morgan fingerprint density at radius 2 is 1.81 bits per heavy atom. The minimum Gasteiger partial charge on any atom is -0.305 e. The van der Waals surface area contributed by atoms with Crippen LogP contribution in [0.25, 0.3) is 0 Å². The molecule has 5 heteroatoms. The Kier molecular flexibility index (Phi) is 4.60. The van der Waals surface area contributed by atoms with Crippen molar-refractivity contribution in [2.75, 3.05) is 20.1 Å². The van der Waals surface area contributed by atoms with E-state index in [-0.39, 0.29) is 23.9 Å². The number of carbonyl (C=O) groups is 2. The molecule has 2 saturated heterocycles. The van der Waals surface area contributed by atoms with Crippen LogP contribution in [0, 0.1) is 0 Å². The Balaban J connectivity index is 1.60. The fourth-order valence-corrected chi connectivity index (χ4v) is 4.09. The molecule has 0 aromatic heterocycles. The second-order valence-electron chi connectivity index (χ2n) is 6.92. The Morgan fingerprint density at radius 1 is 1.05 bits per heavy atom. The molecule has 2 amide bonds. The molecular formula is C16H27N3O2. The number of likely N-dealkylation sites (tertiary alicyclic amines) is 2. The lowest BCUT2D eigenvalue weighted by molar-refractivity contribution is -0.142. The predicted molar refractivity (Wildman–Crippen MR) is 80.8 cm³/mol. The van der Waals surface area contributed by atoms with Crippen LogP contribution in [0.5, 0.6) is 0 Å². The first-order chi connectivity index (χ1) is 10.1. The van der Waals surface area contributed by atoms with Crippen LogP contribution >= 0.6 is 0 Å². The molecule has 2 atom stereocenters. The molecule has 21 heavy (non-hydrogen) atoms. The molecule has 2 aliphatic heterocycles. The molecule has 3 fully saturated rings. The van der Waals surface area contributed by atoms with E-state index in [1.807, 2.05) is 0 Å². The minimum absolute atomic E-state index is 0.0279. The molecule has 3 aliphatic rings. The Hall–Kier alpha value is -0.940. The summed E-state index contributed by atoms with van der Waals surface area (Å²) in [6, 6.07) is 0.229. The second-order valence-corrected chi connectivity index (χ2v) is 6.92. The van der Waals surface area contributed by atoms with E-state index in [1.54, 1.807) is 4.90 Å². The van der Waals surface area contributed by atoms with Gasteiger partial charge in [0.1, 0.15) is 0 Å². The molecule has 118 valence electrons. The topological polar surface area (TPSA) is 52.7 Å². The van der Waals surface area contributed by atoms with Crippen molar-refractivity contribution in [3.8, 4) is 0 Å². The van der Waals surface area contributed by atoms with Gasteiger partial charge in [0.05, 0.1) is 12.5 Å². The van der Waals surface area contributed by atoms with Gasteiger partial charge in [-0.05, 0) is 39.3 Å². The first kappa shape index (κ1) is 15.0. The molecule has 1 saturated carbocycles. The third-order valence-electron chi connectivity index (χ3n) is 5.18. The smallest absolute Gasteiger partial charge is 0.247 e. The Bertz CT molecular complexity index is 406. The summed E-state index contributed by atoms with van der Waals surface area (Å²) < 4.78 is 0. The number of nitrogens with one attached hydrogen (secondary N) is 1. The third kappa shape index (κ3) is 3.29. The first-order valence-electron chi connectivity index (χ1n) is 8.45. The summed E-state index contributed by atoms with van der Waals surface area (Å²) in [4.78, 5) is 28.7. The predicted octanol–water partition coefficient (Wildman–Crippen LogP) is 1.13. The highest BCUT2D eigenvalue weighted by Crippen LogP contribution is 2.27. The van der Waals surface area contributed by atoms with Crippen molar-refractivity contribution in [1.29, 1.82) is 0 Å². The van der Waals surface area contributed by atoms with Crippen molar-refractivity contribution in [2.24, 2.45) is 0 Å². The molecule has 0 aromatic carbocycles. The monoisotopic (exact) mass is 293 g/mol. The molecule has 0 aromatic rings. The van der Waals surface area contributed by atoms with E-state index in [2.05, 4.69) is 17.3 Å². The van der Waals surface area contributed by atoms with Crippen molar-refractivity contribution in [1.82, 2.24) is 15.1 Å². The average Bonchev–Trinajstić information content (AvgIpc) is 2.74. The van der Waals surface area contributed by atoms with Gasteiger partial charge in [0.25, 0.3) is 0 Å². The van der Waals surface area contributed by atoms with E-state index in [4.69, 9.17) is 0 Å². The highest BCUT2D eigenvalue weighted by molar-refractivity contribution is 6.05. The van der Waals surface area contributed by atoms with Crippen molar-refractivity contribution >= 4 is 11.8 Å². The quantitative estimate of drug-likeness (QED) is 0.793. The standard InChI is InChI=1S/C16H27N3O2/c1-18-9-5-6-12(11-18)17-14-10-15(20)19(16(14)21)13-7-3-2-4-8-13/h12-14,17H,2-11H2,1H3. The van der Waals surface area contributed by atoms with Gasteiger partial charge in [0, 0.05) is 18.6 Å². The number of hydrogen-bond acceptors (Lipinski definition) is 4. The SMILES string of the molecule is CN1CCCC(NC2CC(=O)N(C3CCCCC3)C2=O)C1. The van der Waals surface area contributed by atoms with Gasteiger partial charge < -0.3 is 10.2 Å². The van der Waals surface area contributed by atoms with Crippen molar-refractivity contribution in [3.63, 3.8) is 0 Å². The number of rotatable bonds is 3. The number of nitrogens with zero attached hydrogens (tertiary/aromatic N) is 2. The first-order valence-corrected chi connectivity index (χ1v) is 8.45. The molecule has 1 N–H and O–H groups in total. The lowest BCUT2D eigenvalue weighted by Gasteiger charge is -2.32. The zero-order chi connectivity index (χ0) is 14.8. The fraction of sp³-hybridized carbons (Fsp3) is 0.875. The van der Waals surface area contributed by atoms with Crippen molar-refractivity contribution < 1.29 is 9.59 Å². The average molecular weight is 293 g/mol. The number of likely N-dealkylation sites (N-methyl/N-ethyl adjacent to an activating group) is 1. The van der Waals surface area contributed by atoms with E-state index in [1.165, 1.54) is 6.42 Å². The van der Waals surface area contributed by atoms with Gasteiger partial charge in [0.15, 0.2) is 0 Å². The maximum absolute atomic E-state index is 12.6. The maximum Gasteiger partial charge on any atom is 0.247 e. The van der Waals surface area contributed by atoms with Gasteiger partial charge in [-0.1, -0.05) is 19.3 Å². The summed E-state index contributed by atoms with van der Waals surface area (Å²) in [5.74, 6) is 0.0636. The number of carbonyl (C=O) groups excluding carboxylic acids is 2. The molecule has 2 unspecified atom stereocenters. The molecular weight excluding hydrogens is 266 g/mol. The summed E-state index contributed by atoms with van der Waals surface area (Å²) in [6.07, 6.45) is 8.15. The normalized spacial score (nSPS) is 32.9. The summed E-state index contributed by atoms with van der Waals surface area (Å²) in [7, 11) is 2.11. The molecule has 0 spiro atoms. The van der Waals surface area contributed by atoms with E-state index in [0.717, 1.165) is 51.6 Å². The van der Waals surface area contributed by atoms with Crippen molar-refractivity contribution in [2.45, 2.75) is 69.5 Å². The third-order valence-corrected chi connectivity index (χ3v) is 5.18. The van der Waals surface area contributed by atoms with E-state index in [0.29, 0.717) is 12.5 Å². The lowest BCUT2D eigenvalue weighted by atomic mass is 9.94. The molecule has 5 nitrogen and oxygen atoms in total. The van der Waals surface area contributed by atoms with E-state index >= 15 is 0 Å². The maximum atomic E-state index is 12.6.